The summed E-state index contributed by atoms with van der Waals surface area (Å²) in [6.07, 6.45) is 0.839. The van der Waals surface area contributed by atoms with E-state index in [-0.39, 0.29) is 5.56 Å². The summed E-state index contributed by atoms with van der Waals surface area (Å²) in [6, 6.07) is 14.9. The number of fused-ring (bicyclic) bond motifs is 1. The van der Waals surface area contributed by atoms with Crippen LogP contribution < -0.4 is 10.3 Å². The molecule has 2 aromatic heterocycles. The Bertz CT molecular complexity index is 1200. The summed E-state index contributed by atoms with van der Waals surface area (Å²) in [6.45, 7) is 2.64. The largest absolute Gasteiger partial charge is 0.496 e. The maximum Gasteiger partial charge on any atom is 0.262 e. The van der Waals surface area contributed by atoms with Crippen molar-refractivity contribution in [1.29, 1.82) is 0 Å². The van der Waals surface area contributed by atoms with E-state index in [0.29, 0.717) is 45.8 Å². The fourth-order valence-electron chi connectivity index (χ4n) is 3.06. The molecule has 0 amide bonds. The maximum absolute atomic E-state index is 12.9. The van der Waals surface area contributed by atoms with Crippen LogP contribution in [0.5, 0.6) is 5.75 Å². The van der Waals surface area contributed by atoms with Crippen LogP contribution in [0.1, 0.15) is 19.2 Å². The fraction of sp³-hybridized carbons (Fsp3) is 0.238. The van der Waals surface area contributed by atoms with Crippen LogP contribution in [0.3, 0.4) is 0 Å². The highest BCUT2D eigenvalue weighted by Crippen LogP contribution is 2.28. The Hall–Kier alpha value is -3.13. The van der Waals surface area contributed by atoms with Crippen molar-refractivity contribution < 1.29 is 9.26 Å². The molecule has 0 aliphatic rings. The summed E-state index contributed by atoms with van der Waals surface area (Å²) >= 11 is 1.41. The van der Waals surface area contributed by atoms with Crippen molar-refractivity contribution in [3.8, 4) is 17.1 Å². The van der Waals surface area contributed by atoms with Crippen molar-refractivity contribution in [2.45, 2.75) is 30.8 Å². The average Bonchev–Trinajstić information content (AvgIpc) is 3.23. The third kappa shape index (κ3) is 3.88. The monoisotopic (exact) mass is 408 g/mol. The van der Waals surface area contributed by atoms with Gasteiger partial charge in [0.1, 0.15) is 5.75 Å². The third-order valence-electron chi connectivity index (χ3n) is 4.41. The van der Waals surface area contributed by atoms with Gasteiger partial charge in [0, 0.05) is 6.54 Å². The van der Waals surface area contributed by atoms with Crippen LogP contribution in [0.4, 0.5) is 0 Å². The zero-order valence-corrected chi connectivity index (χ0v) is 17.0. The molecule has 8 heteroatoms. The number of methoxy groups -OCH3 is 1. The summed E-state index contributed by atoms with van der Waals surface area (Å²) in [5, 5.41) is 5.34. The zero-order valence-electron chi connectivity index (χ0n) is 16.2. The van der Waals surface area contributed by atoms with Crippen molar-refractivity contribution in [2.24, 2.45) is 0 Å². The van der Waals surface area contributed by atoms with Crippen LogP contribution in [0.15, 0.2) is 63.0 Å². The van der Waals surface area contributed by atoms with Crippen LogP contribution >= 0.6 is 11.8 Å². The van der Waals surface area contributed by atoms with Gasteiger partial charge in [-0.2, -0.15) is 4.98 Å². The molecule has 0 aliphatic heterocycles. The van der Waals surface area contributed by atoms with Crippen LogP contribution in [0, 0.1) is 0 Å². The molecule has 2 aromatic carbocycles. The molecule has 0 aliphatic carbocycles. The molecular formula is C21H20N4O3S. The van der Waals surface area contributed by atoms with E-state index in [1.807, 2.05) is 55.5 Å². The molecule has 4 aromatic rings. The van der Waals surface area contributed by atoms with E-state index >= 15 is 0 Å². The first kappa shape index (κ1) is 19.2. The fourth-order valence-corrected chi connectivity index (χ4v) is 3.92. The number of benzene rings is 2. The quantitative estimate of drug-likeness (QED) is 0.335. The average molecular weight is 408 g/mol. The Morgan fingerprint density at radius 1 is 1.10 bits per heavy atom. The predicted molar refractivity (Wildman–Crippen MR) is 112 cm³/mol. The summed E-state index contributed by atoms with van der Waals surface area (Å²) in [5.41, 5.74) is 1.43. The molecule has 148 valence electrons. The van der Waals surface area contributed by atoms with E-state index in [9.17, 15) is 4.79 Å². The Balaban J connectivity index is 1.61. The van der Waals surface area contributed by atoms with Gasteiger partial charge in [-0.3, -0.25) is 9.36 Å². The van der Waals surface area contributed by atoms with Crippen LogP contribution in [-0.2, 0) is 12.3 Å². The van der Waals surface area contributed by atoms with Gasteiger partial charge in [0.05, 0.1) is 29.3 Å². The smallest absolute Gasteiger partial charge is 0.262 e. The van der Waals surface area contributed by atoms with Crippen molar-refractivity contribution in [2.75, 3.05) is 7.11 Å². The molecule has 0 saturated carbocycles. The van der Waals surface area contributed by atoms with Gasteiger partial charge in [0.25, 0.3) is 5.56 Å². The number of para-hydroxylation sites is 2. The van der Waals surface area contributed by atoms with Gasteiger partial charge in [-0.15, -0.1) is 0 Å². The van der Waals surface area contributed by atoms with Gasteiger partial charge in [-0.25, -0.2) is 4.98 Å². The first-order valence-corrected chi connectivity index (χ1v) is 10.3. The highest BCUT2D eigenvalue weighted by atomic mass is 32.2. The van der Waals surface area contributed by atoms with Crippen LogP contribution in [0.2, 0.25) is 0 Å². The van der Waals surface area contributed by atoms with Crippen molar-refractivity contribution in [3.63, 3.8) is 0 Å². The van der Waals surface area contributed by atoms with Crippen molar-refractivity contribution in [1.82, 2.24) is 19.7 Å². The Labute approximate surface area is 171 Å². The number of ether oxygens (including phenoxy) is 1. The molecule has 0 spiro atoms. The molecule has 0 bridgehead atoms. The molecular weight excluding hydrogens is 388 g/mol. The van der Waals surface area contributed by atoms with E-state index in [1.54, 1.807) is 11.7 Å². The van der Waals surface area contributed by atoms with Gasteiger partial charge in [-0.05, 0) is 30.7 Å². The number of thioether (sulfide) groups is 1. The summed E-state index contributed by atoms with van der Waals surface area (Å²) in [4.78, 5) is 22.0. The Morgan fingerprint density at radius 3 is 2.72 bits per heavy atom. The number of hydrogen-bond donors (Lipinski definition) is 0. The summed E-state index contributed by atoms with van der Waals surface area (Å²) < 4.78 is 12.5. The lowest BCUT2D eigenvalue weighted by molar-refractivity contribution is 0.390. The molecule has 0 unspecified atom stereocenters. The highest BCUT2D eigenvalue weighted by molar-refractivity contribution is 7.98. The molecule has 4 rings (SSSR count). The molecule has 7 nitrogen and oxygen atoms in total. The minimum atomic E-state index is -0.0276. The number of rotatable bonds is 7. The van der Waals surface area contributed by atoms with E-state index < -0.39 is 0 Å². The molecule has 2 heterocycles. The predicted octanol–water partition coefficient (Wildman–Crippen LogP) is 4.16. The van der Waals surface area contributed by atoms with Gasteiger partial charge >= 0.3 is 0 Å². The lowest BCUT2D eigenvalue weighted by Gasteiger charge is -2.11. The van der Waals surface area contributed by atoms with Crippen LogP contribution in [-0.4, -0.2) is 26.8 Å². The normalized spacial score (nSPS) is 11.1. The van der Waals surface area contributed by atoms with Gasteiger partial charge < -0.3 is 9.26 Å². The Kier molecular flexibility index (Phi) is 5.62. The number of hydrogen-bond acceptors (Lipinski definition) is 7. The topological polar surface area (TPSA) is 83.0 Å². The Morgan fingerprint density at radius 2 is 1.90 bits per heavy atom. The molecule has 0 atom stereocenters. The third-order valence-corrected chi connectivity index (χ3v) is 5.38. The standard InChI is InChI=1S/C21H20N4O3S/c1-3-12-25-20(26)14-8-4-6-10-16(14)22-21(25)29-13-18-23-19(24-28-18)15-9-5-7-11-17(15)27-2/h4-11H,3,12-13H2,1-2H3. The first-order valence-electron chi connectivity index (χ1n) is 9.29. The number of nitrogens with zero attached hydrogens (tertiary/aromatic N) is 4. The molecule has 0 fully saturated rings. The van der Waals surface area contributed by atoms with Gasteiger partial charge in [-0.1, -0.05) is 48.1 Å². The maximum atomic E-state index is 12.9. The van der Waals surface area contributed by atoms with E-state index in [0.717, 1.165) is 12.0 Å². The summed E-state index contributed by atoms with van der Waals surface area (Å²) in [7, 11) is 1.61. The lowest BCUT2D eigenvalue weighted by atomic mass is 10.2. The first-order chi connectivity index (χ1) is 14.2. The molecule has 0 radical (unpaired) electrons. The SMILES string of the molecule is CCCn1c(SCc2nc(-c3ccccc3OC)no2)nc2ccccc2c1=O. The zero-order chi connectivity index (χ0) is 20.2. The minimum absolute atomic E-state index is 0.0276. The van der Waals surface area contributed by atoms with Crippen LogP contribution in [0.25, 0.3) is 22.3 Å². The molecule has 0 saturated heterocycles. The second-order valence-corrected chi connectivity index (χ2v) is 7.31. The van der Waals surface area contributed by atoms with Gasteiger partial charge in [0.15, 0.2) is 5.16 Å². The van der Waals surface area contributed by atoms with Crippen molar-refractivity contribution in [3.05, 3.63) is 64.8 Å². The molecule has 29 heavy (non-hydrogen) atoms. The van der Waals surface area contributed by atoms with E-state index in [4.69, 9.17) is 9.26 Å². The van der Waals surface area contributed by atoms with E-state index in [2.05, 4.69) is 15.1 Å². The number of aromatic nitrogens is 4. The second kappa shape index (κ2) is 8.48. The summed E-state index contributed by atoms with van der Waals surface area (Å²) in [5.74, 6) is 2.02. The van der Waals surface area contributed by atoms with E-state index in [1.165, 1.54) is 11.8 Å². The minimum Gasteiger partial charge on any atom is -0.496 e. The molecule has 0 N–H and O–H groups in total. The van der Waals surface area contributed by atoms with Gasteiger partial charge in [0.2, 0.25) is 11.7 Å². The van der Waals surface area contributed by atoms with Crippen molar-refractivity contribution >= 4 is 22.7 Å². The lowest BCUT2D eigenvalue weighted by Crippen LogP contribution is -2.23. The second-order valence-electron chi connectivity index (χ2n) is 6.37. The highest BCUT2D eigenvalue weighted by Gasteiger charge is 2.15.